The maximum absolute atomic E-state index is 12.4. The number of hydrogen-bond donors (Lipinski definition) is 6. The molecule has 1 saturated heterocycles. The van der Waals surface area contributed by atoms with E-state index in [1.54, 1.807) is 0 Å². The zero-order valence-electron chi connectivity index (χ0n) is 11.6. The number of hydrogen-bond acceptors (Lipinski definition) is 11. The van der Waals surface area contributed by atoms with Gasteiger partial charge in [-0.1, -0.05) is 5.21 Å². The van der Waals surface area contributed by atoms with Crippen molar-refractivity contribution in [3.8, 4) is 6.07 Å². The highest BCUT2D eigenvalue weighted by Crippen LogP contribution is 2.27. The topological polar surface area (TPSA) is 198 Å². The lowest BCUT2D eigenvalue weighted by atomic mass is 10.1. The van der Waals surface area contributed by atoms with Gasteiger partial charge in [-0.25, -0.2) is 0 Å². The molecule has 23 heavy (non-hydrogen) atoms. The lowest BCUT2D eigenvalue weighted by molar-refractivity contribution is -0.0622. The van der Waals surface area contributed by atoms with Crippen LogP contribution in [-0.4, -0.2) is 72.8 Å². The highest BCUT2D eigenvalue weighted by atomic mass is 16.6. The van der Waals surface area contributed by atoms with E-state index in [0.29, 0.717) is 4.68 Å². The van der Waals surface area contributed by atoms with E-state index in [9.17, 15) is 15.0 Å². The van der Waals surface area contributed by atoms with Gasteiger partial charge in [0.1, 0.15) is 36.8 Å². The standard InChI is InChI=1S/C11H14N6O6/c12-1-4(13)6-7(14-3-19)10(22)17(16-15-6)11-9(21)8(20)5(2-18)23-11/h5,8-9,11,13-14,18-21H,2-3H2. The highest BCUT2D eigenvalue weighted by Gasteiger charge is 2.44. The maximum atomic E-state index is 12.4. The molecule has 1 aromatic rings. The molecule has 1 aromatic heterocycles. The van der Waals surface area contributed by atoms with Crippen molar-refractivity contribution in [3.05, 3.63) is 16.0 Å². The lowest BCUT2D eigenvalue weighted by Crippen LogP contribution is -2.38. The van der Waals surface area contributed by atoms with Crippen LogP contribution < -0.4 is 10.9 Å². The first-order valence-electron chi connectivity index (χ1n) is 6.42. The van der Waals surface area contributed by atoms with Crippen molar-refractivity contribution in [1.29, 1.82) is 10.7 Å². The van der Waals surface area contributed by atoms with E-state index in [0.717, 1.165) is 0 Å². The number of aromatic nitrogens is 3. The second-order valence-electron chi connectivity index (χ2n) is 4.61. The third kappa shape index (κ3) is 2.91. The average molecular weight is 326 g/mol. The third-order valence-corrected chi connectivity index (χ3v) is 3.26. The molecule has 4 atom stereocenters. The van der Waals surface area contributed by atoms with Crippen LogP contribution in [0.25, 0.3) is 0 Å². The number of aliphatic hydroxyl groups excluding tert-OH is 4. The van der Waals surface area contributed by atoms with Crippen LogP contribution in [0.5, 0.6) is 0 Å². The number of anilines is 1. The molecule has 0 aromatic carbocycles. The van der Waals surface area contributed by atoms with Gasteiger partial charge in [-0.2, -0.15) is 9.94 Å². The van der Waals surface area contributed by atoms with Crippen LogP contribution in [0.2, 0.25) is 0 Å². The SMILES string of the molecule is N#CC(=N)c1nnn(C2OC(CO)C(O)C2O)c(=O)c1NCO. The Labute approximate surface area is 128 Å². The fraction of sp³-hybridized carbons (Fsp3) is 0.545. The number of rotatable bonds is 5. The summed E-state index contributed by atoms with van der Waals surface area (Å²) in [5, 5.41) is 63.0. The molecule has 2 rings (SSSR count). The Morgan fingerprint density at radius 2 is 2.13 bits per heavy atom. The van der Waals surface area contributed by atoms with Crippen LogP contribution in [0.3, 0.4) is 0 Å². The Morgan fingerprint density at radius 1 is 1.43 bits per heavy atom. The van der Waals surface area contributed by atoms with Gasteiger partial charge >= 0.3 is 0 Å². The van der Waals surface area contributed by atoms with Crippen molar-refractivity contribution in [1.82, 2.24) is 15.0 Å². The Morgan fingerprint density at radius 3 is 2.65 bits per heavy atom. The van der Waals surface area contributed by atoms with Gasteiger partial charge in [0, 0.05) is 0 Å². The molecule has 1 aliphatic rings. The average Bonchev–Trinajstić information content (AvgIpc) is 2.84. The Kier molecular flexibility index (Phi) is 4.98. The highest BCUT2D eigenvalue weighted by molar-refractivity contribution is 6.11. The summed E-state index contributed by atoms with van der Waals surface area (Å²) in [4.78, 5) is 12.4. The maximum Gasteiger partial charge on any atom is 0.296 e. The molecule has 0 amide bonds. The Bertz CT molecular complexity index is 699. The third-order valence-electron chi connectivity index (χ3n) is 3.26. The zero-order chi connectivity index (χ0) is 17.1. The molecule has 2 heterocycles. The molecule has 6 N–H and O–H groups in total. The van der Waals surface area contributed by atoms with Gasteiger partial charge < -0.3 is 30.5 Å². The molecule has 12 nitrogen and oxygen atoms in total. The lowest BCUT2D eigenvalue weighted by Gasteiger charge is -2.17. The summed E-state index contributed by atoms with van der Waals surface area (Å²) in [6.07, 6.45) is -5.53. The van der Waals surface area contributed by atoms with Crippen molar-refractivity contribution < 1.29 is 25.2 Å². The normalized spacial score (nSPS) is 26.7. The second-order valence-corrected chi connectivity index (χ2v) is 4.61. The van der Waals surface area contributed by atoms with Gasteiger partial charge in [-0.3, -0.25) is 10.2 Å². The predicted octanol–water partition coefficient (Wildman–Crippen LogP) is -3.50. The second kappa shape index (κ2) is 6.77. The molecule has 4 unspecified atom stereocenters. The number of nitrogens with one attached hydrogen (secondary N) is 2. The van der Waals surface area contributed by atoms with Crippen LogP contribution in [0.4, 0.5) is 5.69 Å². The van der Waals surface area contributed by atoms with Gasteiger partial charge in [0.2, 0.25) is 0 Å². The van der Waals surface area contributed by atoms with Gasteiger partial charge in [-0.15, -0.1) is 5.10 Å². The molecule has 0 bridgehead atoms. The molecule has 0 spiro atoms. The summed E-state index contributed by atoms with van der Waals surface area (Å²) < 4.78 is 5.76. The smallest absolute Gasteiger partial charge is 0.296 e. The van der Waals surface area contributed by atoms with Crippen molar-refractivity contribution in [3.63, 3.8) is 0 Å². The summed E-state index contributed by atoms with van der Waals surface area (Å²) >= 11 is 0. The monoisotopic (exact) mass is 326 g/mol. The van der Waals surface area contributed by atoms with Gasteiger partial charge in [0.05, 0.1) is 6.61 Å². The largest absolute Gasteiger partial charge is 0.394 e. The summed E-state index contributed by atoms with van der Waals surface area (Å²) in [5.41, 5.74) is -2.35. The fourth-order valence-electron chi connectivity index (χ4n) is 2.11. The number of nitriles is 1. The van der Waals surface area contributed by atoms with E-state index < -0.39 is 49.1 Å². The molecule has 124 valence electrons. The van der Waals surface area contributed by atoms with E-state index in [1.165, 1.54) is 6.07 Å². The molecular formula is C11H14N6O6. The zero-order valence-corrected chi connectivity index (χ0v) is 11.6. The number of aliphatic hydroxyl groups is 4. The number of nitrogens with zero attached hydrogens (tertiary/aromatic N) is 4. The molecule has 12 heteroatoms. The van der Waals surface area contributed by atoms with Crippen LogP contribution in [-0.2, 0) is 4.74 Å². The molecule has 1 fully saturated rings. The van der Waals surface area contributed by atoms with Gasteiger partial charge in [0.25, 0.3) is 5.56 Å². The summed E-state index contributed by atoms with van der Waals surface area (Å²) in [6.45, 7) is -1.27. The van der Waals surface area contributed by atoms with Crippen molar-refractivity contribution in [2.45, 2.75) is 24.5 Å². The summed E-state index contributed by atoms with van der Waals surface area (Å²) in [7, 11) is 0. The van der Waals surface area contributed by atoms with E-state index in [4.69, 9.17) is 25.6 Å². The van der Waals surface area contributed by atoms with Crippen LogP contribution in [0.1, 0.15) is 11.9 Å². The van der Waals surface area contributed by atoms with Crippen molar-refractivity contribution in [2.75, 3.05) is 18.7 Å². The van der Waals surface area contributed by atoms with Crippen LogP contribution in [0, 0.1) is 16.7 Å². The van der Waals surface area contributed by atoms with E-state index in [-0.39, 0.29) is 11.4 Å². The quantitative estimate of drug-likeness (QED) is 0.233. The van der Waals surface area contributed by atoms with E-state index >= 15 is 0 Å². The first-order chi connectivity index (χ1) is 11.0. The van der Waals surface area contributed by atoms with Crippen molar-refractivity contribution in [2.24, 2.45) is 0 Å². The minimum atomic E-state index is -1.55. The molecule has 0 radical (unpaired) electrons. The van der Waals surface area contributed by atoms with Gasteiger partial charge in [-0.05, 0) is 0 Å². The van der Waals surface area contributed by atoms with E-state index in [1.807, 2.05) is 0 Å². The van der Waals surface area contributed by atoms with Crippen LogP contribution >= 0.6 is 0 Å². The molecular weight excluding hydrogens is 312 g/mol. The summed E-state index contributed by atoms with van der Waals surface area (Å²) in [5.74, 6) is 0. The molecule has 0 aliphatic carbocycles. The predicted molar refractivity (Wildman–Crippen MR) is 72.5 cm³/mol. The first-order valence-corrected chi connectivity index (χ1v) is 6.42. The minimum absolute atomic E-state index is 0.380. The fourth-order valence-corrected chi connectivity index (χ4v) is 2.11. The molecule has 0 saturated carbocycles. The van der Waals surface area contributed by atoms with Gasteiger partial charge in [0.15, 0.2) is 17.6 Å². The summed E-state index contributed by atoms with van der Waals surface area (Å²) in [6, 6.07) is 1.49. The Balaban J connectivity index is 2.50. The van der Waals surface area contributed by atoms with Crippen LogP contribution in [0.15, 0.2) is 4.79 Å². The minimum Gasteiger partial charge on any atom is -0.394 e. The number of ether oxygens (including phenoxy) is 1. The molecule has 1 aliphatic heterocycles. The first kappa shape index (κ1) is 16.9. The Hall–Kier alpha value is -2.43. The van der Waals surface area contributed by atoms with Crippen molar-refractivity contribution >= 4 is 11.4 Å². The van der Waals surface area contributed by atoms with E-state index in [2.05, 4.69) is 15.6 Å².